The van der Waals surface area contributed by atoms with Crippen LogP contribution in [0.1, 0.15) is 21.7 Å². The first-order valence-electron chi connectivity index (χ1n) is 7.59. The van der Waals surface area contributed by atoms with Crippen LogP contribution in [0.15, 0.2) is 48.5 Å². The van der Waals surface area contributed by atoms with Gasteiger partial charge in [0.25, 0.3) is 0 Å². The Morgan fingerprint density at radius 1 is 0.786 bits per heavy atom. The Balaban J connectivity index is 0.00000280. The second-order valence-electron chi connectivity index (χ2n) is 5.22. The van der Waals surface area contributed by atoms with Gasteiger partial charge in [0.1, 0.15) is 5.97 Å². The normalized spacial score (nSPS) is 9.36. The second kappa shape index (κ2) is 9.44. The number of rotatable bonds is 5. The molecule has 2 N–H and O–H groups in total. The third-order valence-corrected chi connectivity index (χ3v) is 3.36. The van der Waals surface area contributed by atoms with Crippen molar-refractivity contribution in [2.45, 2.75) is 0 Å². The molecule has 0 unspecified atom stereocenters. The molecule has 0 saturated heterocycles. The van der Waals surface area contributed by atoms with Crippen LogP contribution in [0.3, 0.4) is 0 Å². The van der Waals surface area contributed by atoms with Crippen molar-refractivity contribution in [3.05, 3.63) is 65.5 Å². The summed E-state index contributed by atoms with van der Waals surface area (Å²) in [6, 6.07) is 16.9. The van der Waals surface area contributed by atoms with Crippen molar-refractivity contribution in [1.82, 2.24) is 15.0 Å². The summed E-state index contributed by atoms with van der Waals surface area (Å²) >= 11 is 0. The van der Waals surface area contributed by atoms with Gasteiger partial charge in [0.05, 0.1) is 23.3 Å². The Hall–Kier alpha value is -3.50. The monoisotopic (exact) mass is 379 g/mol. The molecular formula is C18H10N7NaO2. The molecule has 9 nitrogen and oxygen atoms in total. The number of nitrogens with one attached hydrogen (secondary N) is 2. The molecule has 0 fully saturated rings. The standard InChI is InChI=1S/C18H11N7O2.Na/c19-9-11-1-5-13(6-2-11)21-17-23-15(16(26)27)24-18(25-17)22-14-7-3-12(10-20)4-8-14;/h1-8H,(H,26,27)(H2,21,22,23,24,25);/q;+1/p-1. The number of nitrogens with zero attached hydrogens (tertiary/aromatic N) is 5. The van der Waals surface area contributed by atoms with Crippen LogP contribution in [-0.4, -0.2) is 20.9 Å². The predicted octanol–water partition coefficient (Wildman–Crippen LogP) is -1.53. The average Bonchev–Trinajstić information content (AvgIpc) is 2.69. The fourth-order valence-electron chi connectivity index (χ4n) is 2.09. The van der Waals surface area contributed by atoms with Gasteiger partial charge >= 0.3 is 29.6 Å². The Kier molecular flexibility index (Phi) is 7.02. The molecule has 0 amide bonds. The summed E-state index contributed by atoms with van der Waals surface area (Å²) in [5, 5.41) is 34.5. The number of carbonyl (C=O) groups excluding carboxylic acids is 1. The molecule has 10 heteroatoms. The molecule has 3 rings (SSSR count). The number of benzene rings is 2. The maximum atomic E-state index is 11.2. The third kappa shape index (κ3) is 5.25. The van der Waals surface area contributed by atoms with E-state index >= 15 is 0 Å². The molecule has 0 spiro atoms. The van der Waals surface area contributed by atoms with Gasteiger partial charge in [0.15, 0.2) is 5.82 Å². The Bertz CT molecular complexity index is 993. The van der Waals surface area contributed by atoms with Crippen LogP contribution in [-0.2, 0) is 0 Å². The number of anilines is 4. The van der Waals surface area contributed by atoms with E-state index in [9.17, 15) is 9.90 Å². The minimum Gasteiger partial charge on any atom is -0.541 e. The van der Waals surface area contributed by atoms with Crippen molar-refractivity contribution >= 4 is 29.2 Å². The largest absolute Gasteiger partial charge is 1.00 e. The van der Waals surface area contributed by atoms with Crippen LogP contribution in [0.4, 0.5) is 23.3 Å². The number of carboxylic acid groups (broad SMARTS) is 1. The fraction of sp³-hybridized carbons (Fsp3) is 0. The van der Waals surface area contributed by atoms with Gasteiger partial charge in [0, 0.05) is 11.4 Å². The molecule has 0 radical (unpaired) electrons. The van der Waals surface area contributed by atoms with Crippen LogP contribution in [0, 0.1) is 22.7 Å². The van der Waals surface area contributed by atoms with E-state index in [-0.39, 0.29) is 41.5 Å². The number of hydrogen-bond acceptors (Lipinski definition) is 9. The van der Waals surface area contributed by atoms with E-state index in [0.717, 1.165) is 0 Å². The van der Waals surface area contributed by atoms with E-state index < -0.39 is 11.8 Å². The van der Waals surface area contributed by atoms with E-state index in [4.69, 9.17) is 10.5 Å². The summed E-state index contributed by atoms with van der Waals surface area (Å²) in [6.07, 6.45) is 0. The first-order valence-corrected chi connectivity index (χ1v) is 7.59. The number of aromatic nitrogens is 3. The van der Waals surface area contributed by atoms with Gasteiger partial charge in [-0.2, -0.15) is 25.5 Å². The number of aromatic carboxylic acids is 1. The van der Waals surface area contributed by atoms with Crippen LogP contribution in [0.5, 0.6) is 0 Å². The van der Waals surface area contributed by atoms with Gasteiger partial charge in [-0.1, -0.05) is 0 Å². The topological polar surface area (TPSA) is 150 Å². The van der Waals surface area contributed by atoms with Crippen molar-refractivity contribution in [2.75, 3.05) is 10.6 Å². The van der Waals surface area contributed by atoms with Gasteiger partial charge < -0.3 is 20.5 Å². The van der Waals surface area contributed by atoms with Gasteiger partial charge in [-0.25, -0.2) is 0 Å². The average molecular weight is 379 g/mol. The van der Waals surface area contributed by atoms with Crippen molar-refractivity contribution in [1.29, 1.82) is 10.5 Å². The number of hydrogen-bond donors (Lipinski definition) is 2. The molecule has 130 valence electrons. The van der Waals surface area contributed by atoms with Crippen LogP contribution >= 0.6 is 0 Å². The molecule has 0 bridgehead atoms. The Labute approximate surface area is 182 Å². The van der Waals surface area contributed by atoms with E-state index in [1.165, 1.54) is 0 Å². The van der Waals surface area contributed by atoms with Crippen molar-refractivity contribution < 1.29 is 39.5 Å². The molecule has 3 aromatic rings. The number of carboxylic acids is 1. The van der Waals surface area contributed by atoms with Gasteiger partial charge in [-0.05, 0) is 48.5 Å². The van der Waals surface area contributed by atoms with Gasteiger partial charge in [-0.3, -0.25) is 0 Å². The van der Waals surface area contributed by atoms with E-state index in [1.807, 2.05) is 12.1 Å². The molecule has 1 heterocycles. The molecule has 1 aromatic heterocycles. The molecule has 0 aliphatic rings. The molecule has 2 aromatic carbocycles. The first-order chi connectivity index (χ1) is 13.1. The predicted molar refractivity (Wildman–Crippen MR) is 93.0 cm³/mol. The van der Waals surface area contributed by atoms with Gasteiger partial charge in [-0.15, -0.1) is 0 Å². The fourth-order valence-corrected chi connectivity index (χ4v) is 2.09. The summed E-state index contributed by atoms with van der Waals surface area (Å²) in [6.45, 7) is 0. The molecule has 0 aliphatic carbocycles. The molecule has 0 atom stereocenters. The Morgan fingerprint density at radius 2 is 1.18 bits per heavy atom. The van der Waals surface area contributed by atoms with Crippen molar-refractivity contribution in [2.24, 2.45) is 0 Å². The number of carbonyl (C=O) groups is 1. The maximum Gasteiger partial charge on any atom is 1.00 e. The summed E-state index contributed by atoms with van der Waals surface area (Å²) in [5.74, 6) is -2.12. The molecular weight excluding hydrogens is 369 g/mol. The smallest absolute Gasteiger partial charge is 0.541 e. The van der Waals surface area contributed by atoms with Crippen molar-refractivity contribution in [3.63, 3.8) is 0 Å². The summed E-state index contributed by atoms with van der Waals surface area (Å²) in [5.41, 5.74) is 2.09. The summed E-state index contributed by atoms with van der Waals surface area (Å²) in [7, 11) is 0. The Morgan fingerprint density at radius 3 is 1.50 bits per heavy atom. The maximum absolute atomic E-state index is 11.2. The van der Waals surface area contributed by atoms with Gasteiger partial charge in [0.2, 0.25) is 11.9 Å². The summed E-state index contributed by atoms with van der Waals surface area (Å²) in [4.78, 5) is 22.9. The van der Waals surface area contributed by atoms with E-state index in [2.05, 4.69) is 25.6 Å². The zero-order chi connectivity index (χ0) is 19.2. The van der Waals surface area contributed by atoms with Crippen molar-refractivity contribution in [3.8, 4) is 12.1 Å². The minimum atomic E-state index is -1.55. The van der Waals surface area contributed by atoms with Crippen LogP contribution in [0.25, 0.3) is 0 Å². The quantitative estimate of drug-likeness (QED) is 0.503. The number of nitriles is 2. The second-order valence-corrected chi connectivity index (χ2v) is 5.22. The molecule has 0 saturated carbocycles. The molecule has 0 aliphatic heterocycles. The van der Waals surface area contributed by atoms with E-state index in [1.54, 1.807) is 48.5 Å². The SMILES string of the molecule is N#Cc1ccc(Nc2nc(Nc3ccc(C#N)cc3)nc(C(=O)[O-])n2)cc1.[Na+]. The third-order valence-electron chi connectivity index (χ3n) is 3.36. The van der Waals surface area contributed by atoms with Crippen LogP contribution in [0.2, 0.25) is 0 Å². The van der Waals surface area contributed by atoms with Crippen LogP contribution < -0.4 is 45.3 Å². The first kappa shape index (κ1) is 20.8. The minimum absolute atomic E-state index is 0. The van der Waals surface area contributed by atoms with E-state index in [0.29, 0.717) is 22.5 Å². The summed E-state index contributed by atoms with van der Waals surface area (Å²) < 4.78 is 0. The zero-order valence-corrected chi connectivity index (χ0v) is 16.7. The zero-order valence-electron chi connectivity index (χ0n) is 14.7. The molecule has 28 heavy (non-hydrogen) atoms.